The summed E-state index contributed by atoms with van der Waals surface area (Å²) in [6.07, 6.45) is 0. The molecule has 2 aromatic carbocycles. The molecule has 1 nitrogen and oxygen atoms in total. The zero-order chi connectivity index (χ0) is 13.8. The lowest BCUT2D eigenvalue weighted by atomic mass is 10.1. The number of thioether (sulfide) groups is 1. The van der Waals surface area contributed by atoms with Crippen LogP contribution in [0.5, 0.6) is 0 Å². The van der Waals surface area contributed by atoms with Gasteiger partial charge in [-0.05, 0) is 49.6 Å². The number of aryl methyl sites for hydroxylation is 3. The van der Waals surface area contributed by atoms with Gasteiger partial charge in [-0.3, -0.25) is 0 Å². The van der Waals surface area contributed by atoms with Crippen LogP contribution in [0.25, 0.3) is 0 Å². The van der Waals surface area contributed by atoms with Crippen molar-refractivity contribution in [3.8, 4) is 0 Å². The van der Waals surface area contributed by atoms with Crippen molar-refractivity contribution in [1.29, 1.82) is 0 Å². The minimum atomic E-state index is 0.0900. The fourth-order valence-corrected chi connectivity index (χ4v) is 2.89. The van der Waals surface area contributed by atoms with Crippen molar-refractivity contribution in [2.45, 2.75) is 31.7 Å². The number of rotatable bonds is 4. The van der Waals surface area contributed by atoms with Gasteiger partial charge in [0.15, 0.2) is 0 Å². The Bertz CT molecular complexity index is 546. The summed E-state index contributed by atoms with van der Waals surface area (Å²) in [5, 5.41) is 0. The largest absolute Gasteiger partial charge is 0.323 e. The molecule has 2 aromatic rings. The first-order valence-corrected chi connectivity index (χ1v) is 7.57. The average molecular weight is 271 g/mol. The molecule has 0 radical (unpaired) electrons. The van der Waals surface area contributed by atoms with Gasteiger partial charge in [-0.25, -0.2) is 0 Å². The highest BCUT2D eigenvalue weighted by molar-refractivity contribution is 7.99. The van der Waals surface area contributed by atoms with E-state index in [0.29, 0.717) is 0 Å². The summed E-state index contributed by atoms with van der Waals surface area (Å²) in [4.78, 5) is 1.30. The second-order valence-electron chi connectivity index (χ2n) is 5.07. The highest BCUT2D eigenvalue weighted by atomic mass is 32.2. The molecule has 0 aliphatic rings. The molecule has 1 unspecified atom stereocenters. The lowest BCUT2D eigenvalue weighted by Crippen LogP contribution is -2.12. The molecule has 2 heteroatoms. The van der Waals surface area contributed by atoms with E-state index in [9.17, 15) is 0 Å². The van der Waals surface area contributed by atoms with E-state index in [4.69, 9.17) is 5.73 Å². The van der Waals surface area contributed by atoms with E-state index in [1.165, 1.54) is 27.1 Å². The molecule has 0 spiro atoms. The maximum atomic E-state index is 6.24. The number of nitrogens with two attached hydrogens (primary N) is 1. The first-order chi connectivity index (χ1) is 9.06. The van der Waals surface area contributed by atoms with E-state index >= 15 is 0 Å². The first kappa shape index (κ1) is 14.2. The molecule has 0 fully saturated rings. The van der Waals surface area contributed by atoms with E-state index in [1.807, 2.05) is 11.8 Å². The molecule has 0 amide bonds. The molecule has 0 bridgehead atoms. The van der Waals surface area contributed by atoms with Crippen molar-refractivity contribution < 1.29 is 0 Å². The highest BCUT2D eigenvalue weighted by Gasteiger charge is 2.07. The van der Waals surface area contributed by atoms with Crippen molar-refractivity contribution in [3.05, 3.63) is 64.7 Å². The molecular weight excluding hydrogens is 250 g/mol. The highest BCUT2D eigenvalue weighted by Crippen LogP contribution is 2.25. The molecule has 0 saturated carbocycles. The predicted molar refractivity (Wildman–Crippen MR) is 84.7 cm³/mol. The number of hydrogen-bond donors (Lipinski definition) is 1. The molecular formula is C17H21NS. The molecule has 0 aliphatic heterocycles. The number of hydrogen-bond acceptors (Lipinski definition) is 2. The van der Waals surface area contributed by atoms with Gasteiger partial charge in [0, 0.05) is 16.7 Å². The smallest absolute Gasteiger partial charge is 0.0390 e. The summed E-state index contributed by atoms with van der Waals surface area (Å²) < 4.78 is 0. The molecule has 2 rings (SSSR count). The fraction of sp³-hybridized carbons (Fsp3) is 0.294. The van der Waals surface area contributed by atoms with Gasteiger partial charge in [0.2, 0.25) is 0 Å². The van der Waals surface area contributed by atoms with E-state index in [1.54, 1.807) is 0 Å². The minimum Gasteiger partial charge on any atom is -0.323 e. The maximum Gasteiger partial charge on any atom is 0.0390 e. The summed E-state index contributed by atoms with van der Waals surface area (Å²) in [5.41, 5.74) is 11.4. The van der Waals surface area contributed by atoms with Gasteiger partial charge in [0.1, 0.15) is 0 Å². The molecule has 1 atom stereocenters. The Labute approximate surface area is 120 Å². The second kappa shape index (κ2) is 6.27. The van der Waals surface area contributed by atoms with Gasteiger partial charge < -0.3 is 5.73 Å². The third kappa shape index (κ3) is 3.85. The Balaban J connectivity index is 1.98. The van der Waals surface area contributed by atoms with E-state index in [2.05, 4.69) is 63.2 Å². The fourth-order valence-electron chi connectivity index (χ4n) is 1.90. The molecule has 0 aliphatic carbocycles. The maximum absolute atomic E-state index is 6.24. The zero-order valence-corrected chi connectivity index (χ0v) is 12.6. The monoisotopic (exact) mass is 271 g/mol. The SMILES string of the molecule is Cc1ccc(C(N)CSc2ccc(C)c(C)c2)cc1. The van der Waals surface area contributed by atoms with Gasteiger partial charge in [-0.2, -0.15) is 0 Å². The summed E-state index contributed by atoms with van der Waals surface area (Å²) >= 11 is 1.83. The molecule has 2 N–H and O–H groups in total. The standard InChI is InChI=1S/C17H21NS/c1-12-4-7-15(8-5-12)17(18)11-19-16-9-6-13(2)14(3)10-16/h4-10,17H,11,18H2,1-3H3. The summed E-state index contributed by atoms with van der Waals surface area (Å²) in [5.74, 6) is 0.908. The Morgan fingerprint density at radius 2 is 1.63 bits per heavy atom. The topological polar surface area (TPSA) is 26.0 Å². The van der Waals surface area contributed by atoms with Crippen LogP contribution in [-0.4, -0.2) is 5.75 Å². The Kier molecular flexibility index (Phi) is 4.67. The Morgan fingerprint density at radius 1 is 0.947 bits per heavy atom. The average Bonchev–Trinajstić information content (AvgIpc) is 2.40. The summed E-state index contributed by atoms with van der Waals surface area (Å²) in [7, 11) is 0. The van der Waals surface area contributed by atoms with Gasteiger partial charge >= 0.3 is 0 Å². The van der Waals surface area contributed by atoms with Gasteiger partial charge in [-0.15, -0.1) is 11.8 Å². The van der Waals surface area contributed by atoms with Crippen molar-refractivity contribution in [3.63, 3.8) is 0 Å². The normalized spacial score (nSPS) is 12.4. The van der Waals surface area contributed by atoms with Crippen LogP contribution < -0.4 is 5.73 Å². The predicted octanol–water partition coefficient (Wildman–Crippen LogP) is 4.40. The third-order valence-corrected chi connectivity index (χ3v) is 4.53. The van der Waals surface area contributed by atoms with Crippen LogP contribution in [0, 0.1) is 20.8 Å². The van der Waals surface area contributed by atoms with Crippen LogP contribution in [0.4, 0.5) is 0 Å². The molecule has 0 aromatic heterocycles. The Hall–Kier alpha value is -1.25. The molecule has 19 heavy (non-hydrogen) atoms. The number of benzene rings is 2. The van der Waals surface area contributed by atoms with Crippen molar-refractivity contribution >= 4 is 11.8 Å². The van der Waals surface area contributed by atoms with Crippen LogP contribution in [0.3, 0.4) is 0 Å². The second-order valence-corrected chi connectivity index (χ2v) is 6.17. The lowest BCUT2D eigenvalue weighted by Gasteiger charge is -2.12. The first-order valence-electron chi connectivity index (χ1n) is 6.58. The van der Waals surface area contributed by atoms with Crippen LogP contribution in [0.1, 0.15) is 28.3 Å². The quantitative estimate of drug-likeness (QED) is 0.834. The van der Waals surface area contributed by atoms with Gasteiger partial charge in [-0.1, -0.05) is 35.9 Å². The van der Waals surface area contributed by atoms with Gasteiger partial charge in [0.25, 0.3) is 0 Å². The van der Waals surface area contributed by atoms with Crippen molar-refractivity contribution in [1.82, 2.24) is 0 Å². The van der Waals surface area contributed by atoms with Crippen molar-refractivity contribution in [2.75, 3.05) is 5.75 Å². The van der Waals surface area contributed by atoms with Gasteiger partial charge in [0.05, 0.1) is 0 Å². The third-order valence-electron chi connectivity index (χ3n) is 3.41. The molecule has 0 saturated heterocycles. The van der Waals surface area contributed by atoms with E-state index in [-0.39, 0.29) is 6.04 Å². The van der Waals surface area contributed by atoms with Crippen LogP contribution in [0.2, 0.25) is 0 Å². The lowest BCUT2D eigenvalue weighted by molar-refractivity contribution is 0.831. The zero-order valence-electron chi connectivity index (χ0n) is 11.8. The van der Waals surface area contributed by atoms with Crippen LogP contribution in [0.15, 0.2) is 47.4 Å². The Morgan fingerprint density at radius 3 is 2.26 bits per heavy atom. The summed E-state index contributed by atoms with van der Waals surface area (Å²) in [6, 6.07) is 15.2. The minimum absolute atomic E-state index is 0.0900. The van der Waals surface area contributed by atoms with E-state index in [0.717, 1.165) is 5.75 Å². The van der Waals surface area contributed by atoms with Crippen LogP contribution in [-0.2, 0) is 0 Å². The summed E-state index contributed by atoms with van der Waals surface area (Å²) in [6.45, 7) is 6.39. The van der Waals surface area contributed by atoms with Crippen LogP contribution >= 0.6 is 11.8 Å². The molecule has 100 valence electrons. The molecule has 0 heterocycles. The van der Waals surface area contributed by atoms with E-state index < -0.39 is 0 Å². The van der Waals surface area contributed by atoms with Crippen molar-refractivity contribution in [2.24, 2.45) is 5.73 Å².